The summed E-state index contributed by atoms with van der Waals surface area (Å²) in [5.41, 5.74) is -0.420. The lowest BCUT2D eigenvalue weighted by molar-refractivity contribution is -0.137. The molecule has 4 saturated heterocycles. The summed E-state index contributed by atoms with van der Waals surface area (Å²) in [7, 11) is -3.73. The summed E-state index contributed by atoms with van der Waals surface area (Å²) in [6.45, 7) is 1.96. The van der Waals surface area contributed by atoms with Crippen LogP contribution in [-0.2, 0) is 27.7 Å². The number of ether oxygens (including phenoxy) is 1. The van der Waals surface area contributed by atoms with Crippen molar-refractivity contribution in [1.82, 2.24) is 29.4 Å². The van der Waals surface area contributed by atoms with Gasteiger partial charge in [-0.2, -0.15) is 30.2 Å². The molecule has 2 saturated carbocycles. The maximum absolute atomic E-state index is 14.4. The molecule has 244 valence electrons. The largest absolute Gasteiger partial charge is 0.417 e. The number of hydrogen-bond donors (Lipinski definition) is 2. The number of rotatable bonds is 8. The van der Waals surface area contributed by atoms with E-state index in [1.165, 1.54) is 6.07 Å². The summed E-state index contributed by atoms with van der Waals surface area (Å²) < 4.78 is 81.6. The number of nitrogens with zero attached hydrogens (tertiary/aromatic N) is 4. The SMILES string of the molecule is O=C(N[C@@H]1CCC2C[C@H](C1)N(S(=O)(=O)N1C3C[C@@H](NCc4ccc(C(F)(F)F)cn4)CC14C[C@H]4C3)C2)c1cc(C2COC2)on1. The molecule has 2 aromatic rings. The first-order chi connectivity index (χ1) is 21.5. The van der Waals surface area contributed by atoms with E-state index in [0.29, 0.717) is 62.9 Å². The van der Waals surface area contributed by atoms with E-state index >= 15 is 0 Å². The van der Waals surface area contributed by atoms with E-state index in [1.54, 1.807) is 10.4 Å². The fraction of sp³-hybridized carbons (Fsp3) is 0.700. The van der Waals surface area contributed by atoms with Crippen LogP contribution in [-0.4, -0.2) is 82.5 Å². The van der Waals surface area contributed by atoms with Gasteiger partial charge in [0.25, 0.3) is 16.1 Å². The van der Waals surface area contributed by atoms with Crippen molar-refractivity contribution in [3.05, 3.63) is 47.1 Å². The highest BCUT2D eigenvalue weighted by Crippen LogP contribution is 2.65. The highest BCUT2D eigenvalue weighted by atomic mass is 32.2. The summed E-state index contributed by atoms with van der Waals surface area (Å²) in [5, 5.41) is 10.5. The number of hydrogen-bond acceptors (Lipinski definition) is 8. The van der Waals surface area contributed by atoms with Crippen molar-refractivity contribution in [2.45, 2.75) is 99.7 Å². The van der Waals surface area contributed by atoms with Gasteiger partial charge in [-0.15, -0.1) is 0 Å². The standard InChI is InChI=1S/C30H37F3N6O5S/c31-30(32,33)19-2-4-22(34-12-19)13-35-23-8-25-6-20-10-29(20,11-23)39(25)45(41,42)38-14-17-1-3-21(7-24(38)5-17)36-28(40)26-9-27(44-37-26)18-15-43-16-18/h2,4,9,12,17-18,20-21,23-25,35H,1,3,5-8,10-11,13-16H2,(H,36,40)/t17?,20-,21-,23-,24-,25?,29?/m1/s1. The number of pyridine rings is 1. The van der Waals surface area contributed by atoms with Crippen LogP contribution in [0.2, 0.25) is 0 Å². The molecule has 0 aromatic carbocycles. The number of piperidine rings is 2. The van der Waals surface area contributed by atoms with Gasteiger partial charge < -0.3 is 19.9 Å². The van der Waals surface area contributed by atoms with Crippen molar-refractivity contribution in [2.75, 3.05) is 19.8 Å². The minimum absolute atomic E-state index is 0.0625. The molecule has 7 atom stereocenters. The molecule has 15 heteroatoms. The van der Waals surface area contributed by atoms with Crippen LogP contribution in [0.3, 0.4) is 0 Å². The quantitative estimate of drug-likeness (QED) is 0.446. The van der Waals surface area contributed by atoms with E-state index in [0.717, 1.165) is 44.4 Å². The van der Waals surface area contributed by atoms with E-state index in [2.05, 4.69) is 20.8 Å². The minimum atomic E-state index is -4.42. The Morgan fingerprint density at radius 1 is 1.07 bits per heavy atom. The van der Waals surface area contributed by atoms with Gasteiger partial charge in [-0.1, -0.05) is 5.16 Å². The van der Waals surface area contributed by atoms with Crippen LogP contribution >= 0.6 is 0 Å². The van der Waals surface area contributed by atoms with Crippen LogP contribution in [0.4, 0.5) is 13.2 Å². The number of amides is 1. The lowest BCUT2D eigenvalue weighted by Crippen LogP contribution is -2.59. The molecule has 2 aromatic heterocycles. The summed E-state index contributed by atoms with van der Waals surface area (Å²) in [6, 6.07) is 3.71. The van der Waals surface area contributed by atoms with Gasteiger partial charge in [-0.25, -0.2) is 0 Å². The summed E-state index contributed by atoms with van der Waals surface area (Å²) >= 11 is 0. The molecule has 6 heterocycles. The Morgan fingerprint density at radius 3 is 2.60 bits per heavy atom. The zero-order chi connectivity index (χ0) is 31.1. The molecule has 3 unspecified atom stereocenters. The zero-order valence-corrected chi connectivity index (χ0v) is 25.5. The Labute approximate surface area is 259 Å². The van der Waals surface area contributed by atoms with E-state index < -0.39 is 27.5 Å². The van der Waals surface area contributed by atoms with Crippen molar-refractivity contribution in [1.29, 1.82) is 0 Å². The van der Waals surface area contributed by atoms with Crippen molar-refractivity contribution in [3.8, 4) is 0 Å². The molecular formula is C30H37F3N6O5S. The minimum Gasteiger partial charge on any atom is -0.380 e. The number of halogens is 3. The summed E-state index contributed by atoms with van der Waals surface area (Å²) in [6.07, 6.45) is 2.43. The van der Waals surface area contributed by atoms with Crippen LogP contribution in [0.1, 0.15) is 84.8 Å². The van der Waals surface area contributed by atoms with Crippen LogP contribution in [0, 0.1) is 11.8 Å². The average molecular weight is 651 g/mol. The second-order valence-electron chi connectivity index (χ2n) is 13.9. The third-order valence-corrected chi connectivity index (χ3v) is 13.2. The highest BCUT2D eigenvalue weighted by molar-refractivity contribution is 7.86. The Morgan fingerprint density at radius 2 is 1.89 bits per heavy atom. The van der Waals surface area contributed by atoms with Gasteiger partial charge in [0.1, 0.15) is 5.76 Å². The van der Waals surface area contributed by atoms with Crippen molar-refractivity contribution in [2.24, 2.45) is 11.8 Å². The van der Waals surface area contributed by atoms with Gasteiger partial charge in [-0.05, 0) is 75.3 Å². The number of carbonyl (C=O) groups excluding carboxylic acids is 1. The molecule has 6 aliphatic rings. The molecule has 2 N–H and O–H groups in total. The number of carbonyl (C=O) groups is 1. The maximum atomic E-state index is 14.4. The first-order valence-corrected chi connectivity index (χ1v) is 17.3. The van der Waals surface area contributed by atoms with E-state index in [-0.39, 0.29) is 47.6 Å². The molecular weight excluding hydrogens is 613 g/mol. The fourth-order valence-electron chi connectivity index (χ4n) is 8.68. The molecule has 0 radical (unpaired) electrons. The summed E-state index contributed by atoms with van der Waals surface area (Å²) in [4.78, 5) is 17.0. The van der Waals surface area contributed by atoms with Gasteiger partial charge in [0, 0.05) is 55.1 Å². The van der Waals surface area contributed by atoms with E-state index in [9.17, 15) is 26.4 Å². The summed E-state index contributed by atoms with van der Waals surface area (Å²) in [5.74, 6) is 1.06. The molecule has 1 spiro atoms. The zero-order valence-electron chi connectivity index (χ0n) is 24.7. The Balaban J connectivity index is 0.912. The third kappa shape index (κ3) is 5.28. The highest BCUT2D eigenvalue weighted by Gasteiger charge is 2.72. The van der Waals surface area contributed by atoms with Crippen LogP contribution < -0.4 is 10.6 Å². The number of aromatic nitrogens is 2. The van der Waals surface area contributed by atoms with Crippen LogP contribution in [0.25, 0.3) is 0 Å². The predicted molar refractivity (Wildman–Crippen MR) is 153 cm³/mol. The van der Waals surface area contributed by atoms with Gasteiger partial charge in [0.05, 0.1) is 30.4 Å². The second kappa shape index (κ2) is 10.7. The predicted octanol–water partition coefficient (Wildman–Crippen LogP) is 3.21. The molecule has 4 aliphatic heterocycles. The van der Waals surface area contributed by atoms with E-state index in [1.807, 2.05) is 4.31 Å². The average Bonchev–Trinajstić information content (AvgIpc) is 3.23. The second-order valence-corrected chi connectivity index (χ2v) is 15.7. The third-order valence-electron chi connectivity index (χ3n) is 11.0. The van der Waals surface area contributed by atoms with Gasteiger partial charge >= 0.3 is 6.18 Å². The van der Waals surface area contributed by atoms with Crippen molar-refractivity contribution >= 4 is 16.1 Å². The van der Waals surface area contributed by atoms with Crippen molar-refractivity contribution < 1.29 is 35.6 Å². The maximum Gasteiger partial charge on any atom is 0.417 e. The molecule has 2 aliphatic carbocycles. The fourth-order valence-corrected chi connectivity index (χ4v) is 11.2. The smallest absolute Gasteiger partial charge is 0.380 e. The van der Waals surface area contributed by atoms with Gasteiger partial charge in [-0.3, -0.25) is 9.78 Å². The van der Waals surface area contributed by atoms with Gasteiger partial charge in [0.2, 0.25) is 0 Å². The lowest BCUT2D eigenvalue weighted by Gasteiger charge is -2.44. The number of alkyl halides is 3. The van der Waals surface area contributed by atoms with Crippen molar-refractivity contribution in [3.63, 3.8) is 0 Å². The molecule has 8 rings (SSSR count). The van der Waals surface area contributed by atoms with Gasteiger partial charge in [0.15, 0.2) is 5.69 Å². The molecule has 1 amide bonds. The first-order valence-electron chi connectivity index (χ1n) is 15.9. The Hall–Kier alpha value is -2.59. The number of nitrogens with one attached hydrogen (secondary N) is 2. The van der Waals surface area contributed by atoms with Crippen LogP contribution in [0.5, 0.6) is 0 Å². The topological polar surface area (TPSA) is 130 Å². The molecule has 11 nitrogen and oxygen atoms in total. The number of fused-ring (bicyclic) bond motifs is 3. The first kappa shape index (κ1) is 29.8. The Kier molecular flexibility index (Phi) is 7.10. The lowest BCUT2D eigenvalue weighted by atomic mass is 9.95. The van der Waals surface area contributed by atoms with E-state index in [4.69, 9.17) is 9.26 Å². The monoisotopic (exact) mass is 650 g/mol. The Bertz CT molecular complexity index is 1570. The molecule has 45 heavy (non-hydrogen) atoms. The molecule has 6 fully saturated rings. The van der Waals surface area contributed by atoms with Crippen LogP contribution in [0.15, 0.2) is 28.9 Å². The normalized spacial score (nSPS) is 35.1. The molecule has 4 bridgehead atoms.